The molecule has 1 heterocycles. The first-order valence-corrected chi connectivity index (χ1v) is 7.27. The summed E-state index contributed by atoms with van der Waals surface area (Å²) in [5, 5.41) is 2.95. The molecule has 116 valence electrons. The van der Waals surface area contributed by atoms with Gasteiger partial charge < -0.3 is 15.8 Å². The predicted octanol–water partition coefficient (Wildman–Crippen LogP) is 2.86. The quantitative estimate of drug-likeness (QED) is 0.890. The van der Waals surface area contributed by atoms with Gasteiger partial charge in [0.05, 0.1) is 30.1 Å². The van der Waals surface area contributed by atoms with Crippen LogP contribution in [-0.2, 0) is 0 Å². The van der Waals surface area contributed by atoms with Gasteiger partial charge in [-0.2, -0.15) is 0 Å². The molecule has 1 aromatic carbocycles. The van der Waals surface area contributed by atoms with Crippen molar-refractivity contribution in [3.63, 3.8) is 0 Å². The van der Waals surface area contributed by atoms with Gasteiger partial charge in [0.2, 0.25) is 5.88 Å². The summed E-state index contributed by atoms with van der Waals surface area (Å²) in [7, 11) is 0. The Balaban J connectivity index is 2.16. The molecule has 22 heavy (non-hydrogen) atoms. The van der Waals surface area contributed by atoms with Crippen molar-refractivity contribution in [2.75, 3.05) is 12.3 Å². The van der Waals surface area contributed by atoms with Gasteiger partial charge in [-0.05, 0) is 26.3 Å². The van der Waals surface area contributed by atoms with Crippen molar-refractivity contribution in [1.29, 1.82) is 0 Å². The van der Waals surface area contributed by atoms with Crippen molar-refractivity contribution in [2.45, 2.75) is 26.8 Å². The number of aromatic nitrogens is 1. The number of carbonyl (C=O) groups excluding carboxylic acids is 1. The fourth-order valence-corrected chi connectivity index (χ4v) is 2.17. The van der Waals surface area contributed by atoms with Crippen LogP contribution in [0.25, 0.3) is 0 Å². The summed E-state index contributed by atoms with van der Waals surface area (Å²) in [5.41, 5.74) is 8.75. The Hall–Kier alpha value is -2.56. The summed E-state index contributed by atoms with van der Waals surface area (Å²) in [5.74, 6) is 0.153. The largest absolute Gasteiger partial charge is 0.478 e. The van der Waals surface area contributed by atoms with Crippen LogP contribution in [0, 0.1) is 6.92 Å². The number of aryl methyl sites for hydroxylation is 1. The second-order valence-corrected chi connectivity index (χ2v) is 5.15. The van der Waals surface area contributed by atoms with Gasteiger partial charge in [-0.15, -0.1) is 0 Å². The number of nitrogens with two attached hydrogens (primary N) is 1. The van der Waals surface area contributed by atoms with E-state index in [4.69, 9.17) is 10.5 Å². The molecule has 0 fully saturated rings. The molecule has 0 spiro atoms. The minimum atomic E-state index is -0.241. The molecule has 0 aliphatic heterocycles. The minimum absolute atomic E-state index is 0.115. The second-order valence-electron chi connectivity index (χ2n) is 5.15. The third-order valence-electron chi connectivity index (χ3n) is 3.34. The summed E-state index contributed by atoms with van der Waals surface area (Å²) < 4.78 is 5.31. The van der Waals surface area contributed by atoms with Gasteiger partial charge in [0.25, 0.3) is 5.91 Å². The number of amides is 1. The molecule has 3 N–H and O–H groups in total. The van der Waals surface area contributed by atoms with Crippen molar-refractivity contribution in [3.05, 3.63) is 53.2 Å². The number of ether oxygens (including phenoxy) is 1. The molecule has 1 atom stereocenters. The monoisotopic (exact) mass is 299 g/mol. The van der Waals surface area contributed by atoms with Crippen LogP contribution in [0.15, 0.2) is 36.5 Å². The number of hydrogen-bond acceptors (Lipinski definition) is 4. The highest BCUT2D eigenvalue weighted by Crippen LogP contribution is 2.19. The summed E-state index contributed by atoms with van der Waals surface area (Å²) in [4.78, 5) is 16.4. The maximum Gasteiger partial charge on any atom is 0.254 e. The highest BCUT2D eigenvalue weighted by Gasteiger charge is 2.15. The first-order valence-electron chi connectivity index (χ1n) is 7.27. The van der Waals surface area contributed by atoms with Crippen molar-refractivity contribution >= 4 is 11.6 Å². The molecule has 0 bridgehead atoms. The summed E-state index contributed by atoms with van der Waals surface area (Å²) in [6, 6.07) is 9.48. The molecule has 1 amide bonds. The van der Waals surface area contributed by atoms with Crippen LogP contribution in [-0.4, -0.2) is 17.5 Å². The zero-order valence-electron chi connectivity index (χ0n) is 13.1. The van der Waals surface area contributed by atoms with Crippen LogP contribution in [0.4, 0.5) is 5.69 Å². The Morgan fingerprint density at radius 3 is 2.86 bits per heavy atom. The number of nitrogen functional groups attached to an aromatic ring is 1. The first kappa shape index (κ1) is 15.8. The lowest BCUT2D eigenvalue weighted by atomic mass is 10.1. The zero-order valence-corrected chi connectivity index (χ0v) is 13.1. The van der Waals surface area contributed by atoms with Crippen LogP contribution in [0.3, 0.4) is 0 Å². The molecular weight excluding hydrogens is 278 g/mol. The fraction of sp³-hybridized carbons (Fsp3) is 0.294. The van der Waals surface area contributed by atoms with E-state index in [0.29, 0.717) is 23.7 Å². The molecule has 5 heteroatoms. The topological polar surface area (TPSA) is 77.2 Å². The number of nitrogens with zero attached hydrogens (tertiary/aromatic N) is 1. The molecule has 0 aliphatic rings. The highest BCUT2D eigenvalue weighted by atomic mass is 16.5. The standard InChI is InChI=1S/C17H21N3O2/c1-4-22-16-9-14(15(18)10-19-16)17(21)20-12(3)13-7-5-6-11(2)8-13/h5-10,12H,4,18H2,1-3H3,(H,20,21). The average Bonchev–Trinajstić information content (AvgIpc) is 2.49. The van der Waals surface area contributed by atoms with Crippen LogP contribution in [0.1, 0.15) is 41.4 Å². The van der Waals surface area contributed by atoms with Gasteiger partial charge in [0.15, 0.2) is 0 Å². The molecule has 1 unspecified atom stereocenters. The van der Waals surface area contributed by atoms with E-state index in [1.54, 1.807) is 6.07 Å². The number of nitrogens with one attached hydrogen (secondary N) is 1. The molecule has 0 saturated heterocycles. The molecule has 2 rings (SSSR count). The smallest absolute Gasteiger partial charge is 0.254 e. The van der Waals surface area contributed by atoms with Crippen LogP contribution < -0.4 is 15.8 Å². The van der Waals surface area contributed by atoms with Crippen LogP contribution >= 0.6 is 0 Å². The number of benzene rings is 1. The number of hydrogen-bond donors (Lipinski definition) is 2. The Morgan fingerprint density at radius 1 is 1.41 bits per heavy atom. The minimum Gasteiger partial charge on any atom is -0.478 e. The van der Waals surface area contributed by atoms with E-state index in [2.05, 4.69) is 10.3 Å². The van der Waals surface area contributed by atoms with Crippen molar-refractivity contribution in [1.82, 2.24) is 10.3 Å². The van der Waals surface area contributed by atoms with Crippen molar-refractivity contribution in [2.24, 2.45) is 0 Å². The maximum absolute atomic E-state index is 12.4. The van der Waals surface area contributed by atoms with E-state index in [9.17, 15) is 4.79 Å². The number of carbonyl (C=O) groups is 1. The van der Waals surface area contributed by atoms with Gasteiger partial charge in [-0.25, -0.2) is 4.98 Å². The zero-order chi connectivity index (χ0) is 16.1. The van der Waals surface area contributed by atoms with Crippen LogP contribution in [0.2, 0.25) is 0 Å². The summed E-state index contributed by atoms with van der Waals surface area (Å²) >= 11 is 0. The predicted molar refractivity (Wildman–Crippen MR) is 86.9 cm³/mol. The lowest BCUT2D eigenvalue weighted by molar-refractivity contribution is 0.0940. The second kappa shape index (κ2) is 6.93. The van der Waals surface area contributed by atoms with E-state index >= 15 is 0 Å². The SMILES string of the molecule is CCOc1cc(C(=O)NC(C)c2cccc(C)c2)c(N)cn1. The third kappa shape index (κ3) is 3.75. The molecule has 1 aromatic heterocycles. The summed E-state index contributed by atoms with van der Waals surface area (Å²) in [6.45, 7) is 6.30. The molecule has 2 aromatic rings. The number of anilines is 1. The molecule has 0 radical (unpaired) electrons. The lowest BCUT2D eigenvalue weighted by Crippen LogP contribution is -2.27. The van der Waals surface area contributed by atoms with Crippen molar-refractivity contribution in [3.8, 4) is 5.88 Å². The molecular formula is C17H21N3O2. The van der Waals surface area contributed by atoms with E-state index < -0.39 is 0 Å². The highest BCUT2D eigenvalue weighted by molar-refractivity contribution is 5.99. The third-order valence-corrected chi connectivity index (χ3v) is 3.34. The van der Waals surface area contributed by atoms with E-state index in [0.717, 1.165) is 11.1 Å². The number of pyridine rings is 1. The Bertz CT molecular complexity index is 671. The normalized spacial score (nSPS) is 11.8. The molecule has 5 nitrogen and oxygen atoms in total. The van der Waals surface area contributed by atoms with Gasteiger partial charge in [0, 0.05) is 6.07 Å². The van der Waals surface area contributed by atoms with E-state index in [1.807, 2.05) is 45.0 Å². The Morgan fingerprint density at radius 2 is 2.18 bits per heavy atom. The van der Waals surface area contributed by atoms with Gasteiger partial charge in [-0.3, -0.25) is 4.79 Å². The lowest BCUT2D eigenvalue weighted by Gasteiger charge is -2.16. The van der Waals surface area contributed by atoms with Gasteiger partial charge >= 0.3 is 0 Å². The average molecular weight is 299 g/mol. The molecule has 0 saturated carbocycles. The van der Waals surface area contributed by atoms with Crippen molar-refractivity contribution < 1.29 is 9.53 Å². The van der Waals surface area contributed by atoms with E-state index in [-0.39, 0.29) is 11.9 Å². The number of rotatable bonds is 5. The molecule has 0 aliphatic carbocycles. The fourth-order valence-electron chi connectivity index (χ4n) is 2.17. The first-order chi connectivity index (χ1) is 10.5. The maximum atomic E-state index is 12.4. The van der Waals surface area contributed by atoms with Gasteiger partial charge in [0.1, 0.15) is 0 Å². The Labute approximate surface area is 130 Å². The summed E-state index contributed by atoms with van der Waals surface area (Å²) in [6.07, 6.45) is 1.44. The van der Waals surface area contributed by atoms with E-state index in [1.165, 1.54) is 6.20 Å². The van der Waals surface area contributed by atoms with Gasteiger partial charge in [-0.1, -0.05) is 29.8 Å². The Kier molecular flexibility index (Phi) is 4.99. The van der Waals surface area contributed by atoms with Crippen LogP contribution in [0.5, 0.6) is 5.88 Å².